The van der Waals surface area contributed by atoms with Gasteiger partial charge in [0.05, 0.1) is 4.99 Å². The van der Waals surface area contributed by atoms with Crippen molar-refractivity contribution >= 4 is 23.2 Å². The van der Waals surface area contributed by atoms with Crippen LogP contribution in [0.3, 0.4) is 0 Å². The third kappa shape index (κ3) is 1.44. The van der Waals surface area contributed by atoms with Crippen LogP contribution in [0.2, 0.25) is 0 Å². The molecule has 10 heavy (non-hydrogen) atoms. The molecule has 1 saturated heterocycles. The average molecular weight is 158 g/mol. The lowest BCUT2D eigenvalue weighted by Crippen LogP contribution is -2.42. The predicted molar refractivity (Wildman–Crippen MR) is 42.7 cm³/mol. The zero-order chi connectivity index (χ0) is 7.56. The lowest BCUT2D eigenvalue weighted by Gasteiger charge is -2.25. The van der Waals surface area contributed by atoms with Gasteiger partial charge >= 0.3 is 6.03 Å². The molecule has 2 N–H and O–H groups in total. The number of nitrogens with zero attached hydrogens (tertiary/aromatic N) is 1. The highest BCUT2D eigenvalue weighted by Crippen LogP contribution is 2.10. The highest BCUT2D eigenvalue weighted by molar-refractivity contribution is 7.80. The van der Waals surface area contributed by atoms with Crippen LogP contribution in [0.5, 0.6) is 0 Å². The van der Waals surface area contributed by atoms with Crippen molar-refractivity contribution in [3.63, 3.8) is 0 Å². The normalized spacial score (nSPS) is 19.2. The molecule has 1 fully saturated rings. The smallest absolute Gasteiger partial charge is 0.319 e. The van der Waals surface area contributed by atoms with Gasteiger partial charge in [0.15, 0.2) is 0 Å². The van der Waals surface area contributed by atoms with Gasteiger partial charge in [-0.15, -0.1) is 0 Å². The molecule has 3 nitrogen and oxygen atoms in total. The van der Waals surface area contributed by atoms with Crippen LogP contribution in [0.25, 0.3) is 0 Å². The van der Waals surface area contributed by atoms with Crippen molar-refractivity contribution in [1.82, 2.24) is 4.90 Å². The van der Waals surface area contributed by atoms with E-state index in [-0.39, 0.29) is 0 Å². The molecule has 0 aromatic heterocycles. The number of carbonyl (C=O) groups is 1. The van der Waals surface area contributed by atoms with E-state index in [1.165, 1.54) is 4.90 Å². The summed E-state index contributed by atoms with van der Waals surface area (Å²) >= 11 is 4.93. The molecule has 0 saturated carbocycles. The molecular weight excluding hydrogens is 148 g/mol. The Bertz CT molecular complexity index is 169. The van der Waals surface area contributed by atoms with Gasteiger partial charge in [0.25, 0.3) is 0 Å². The van der Waals surface area contributed by atoms with Gasteiger partial charge in [-0.1, -0.05) is 12.2 Å². The number of thiocarbonyl (C=S) groups is 1. The topological polar surface area (TPSA) is 46.3 Å². The predicted octanol–water partition coefficient (Wildman–Crippen LogP) is 0.878. The van der Waals surface area contributed by atoms with Crippen LogP contribution in [0, 0.1) is 0 Å². The van der Waals surface area contributed by atoms with E-state index in [4.69, 9.17) is 18.0 Å². The van der Waals surface area contributed by atoms with Gasteiger partial charge in [-0.05, 0) is 19.3 Å². The van der Waals surface area contributed by atoms with E-state index in [0.717, 1.165) is 19.3 Å². The number of nitrogens with two attached hydrogens (primary N) is 1. The maximum absolute atomic E-state index is 10.6. The van der Waals surface area contributed by atoms with Crippen LogP contribution in [0.15, 0.2) is 0 Å². The molecule has 1 rings (SSSR count). The minimum absolute atomic E-state index is 0.412. The molecule has 0 aromatic carbocycles. The zero-order valence-corrected chi connectivity index (χ0v) is 6.49. The van der Waals surface area contributed by atoms with E-state index in [1.807, 2.05) is 0 Å². The summed E-state index contributed by atoms with van der Waals surface area (Å²) in [6.45, 7) is 0.703. The zero-order valence-electron chi connectivity index (χ0n) is 5.67. The fourth-order valence-electron chi connectivity index (χ4n) is 1.04. The minimum Gasteiger partial charge on any atom is -0.351 e. The van der Waals surface area contributed by atoms with Crippen molar-refractivity contribution < 1.29 is 4.79 Å². The number of likely N-dealkylation sites (tertiary alicyclic amines) is 1. The monoisotopic (exact) mass is 158 g/mol. The van der Waals surface area contributed by atoms with Crippen LogP contribution in [-0.2, 0) is 0 Å². The van der Waals surface area contributed by atoms with Crippen LogP contribution < -0.4 is 5.73 Å². The molecule has 1 heterocycles. The largest absolute Gasteiger partial charge is 0.351 e. The number of amides is 2. The quantitative estimate of drug-likeness (QED) is 0.532. The van der Waals surface area contributed by atoms with E-state index in [1.54, 1.807) is 0 Å². The van der Waals surface area contributed by atoms with E-state index < -0.39 is 6.03 Å². The molecule has 0 bridgehead atoms. The minimum atomic E-state index is -0.412. The second-order valence-corrected chi connectivity index (χ2v) is 2.81. The Morgan fingerprint density at radius 1 is 1.60 bits per heavy atom. The first-order chi connectivity index (χ1) is 4.72. The highest BCUT2D eigenvalue weighted by Gasteiger charge is 2.17. The van der Waals surface area contributed by atoms with E-state index in [0.29, 0.717) is 11.5 Å². The summed E-state index contributed by atoms with van der Waals surface area (Å²) in [5.41, 5.74) is 5.06. The fourth-order valence-corrected chi connectivity index (χ4v) is 1.36. The van der Waals surface area contributed by atoms with Crippen molar-refractivity contribution in [2.75, 3.05) is 6.54 Å². The van der Waals surface area contributed by atoms with Crippen molar-refractivity contribution in [3.8, 4) is 0 Å². The van der Waals surface area contributed by atoms with Gasteiger partial charge in [-0.25, -0.2) is 4.79 Å². The second kappa shape index (κ2) is 2.96. The second-order valence-electron chi connectivity index (χ2n) is 2.34. The molecule has 0 radical (unpaired) electrons. The number of hydrogen-bond donors (Lipinski definition) is 1. The lowest BCUT2D eigenvalue weighted by atomic mass is 10.1. The first kappa shape index (κ1) is 7.47. The van der Waals surface area contributed by atoms with Crippen molar-refractivity contribution in [1.29, 1.82) is 0 Å². The Morgan fingerprint density at radius 3 is 2.70 bits per heavy atom. The molecule has 1 aliphatic heterocycles. The van der Waals surface area contributed by atoms with Gasteiger partial charge in [0.2, 0.25) is 0 Å². The van der Waals surface area contributed by atoms with Crippen molar-refractivity contribution in [3.05, 3.63) is 0 Å². The van der Waals surface area contributed by atoms with Crippen LogP contribution >= 0.6 is 12.2 Å². The van der Waals surface area contributed by atoms with E-state index in [2.05, 4.69) is 0 Å². The maximum Gasteiger partial charge on any atom is 0.319 e. The molecule has 1 aliphatic rings. The Morgan fingerprint density at radius 2 is 2.30 bits per heavy atom. The molecule has 0 aromatic rings. The Hall–Kier alpha value is -0.640. The molecule has 0 spiro atoms. The molecule has 0 atom stereocenters. The van der Waals surface area contributed by atoms with E-state index >= 15 is 0 Å². The van der Waals surface area contributed by atoms with Gasteiger partial charge in [-0.3, -0.25) is 4.90 Å². The molecule has 2 amide bonds. The molecule has 0 unspecified atom stereocenters. The SMILES string of the molecule is NC(=O)N1CCCCC1=S. The first-order valence-electron chi connectivity index (χ1n) is 3.31. The number of urea groups is 1. The van der Waals surface area contributed by atoms with Crippen LogP contribution in [0.1, 0.15) is 19.3 Å². The van der Waals surface area contributed by atoms with Crippen LogP contribution in [-0.4, -0.2) is 22.5 Å². The van der Waals surface area contributed by atoms with Crippen LogP contribution in [0.4, 0.5) is 4.79 Å². The lowest BCUT2D eigenvalue weighted by molar-refractivity contribution is 0.227. The van der Waals surface area contributed by atoms with Gasteiger partial charge < -0.3 is 5.73 Å². The molecule has 4 heteroatoms. The molecule has 56 valence electrons. The maximum atomic E-state index is 10.6. The summed E-state index contributed by atoms with van der Waals surface area (Å²) in [4.78, 5) is 12.8. The standard InChI is InChI=1S/C6H10N2OS/c7-6(9)8-4-2-1-3-5(8)10/h1-4H2,(H2,7,9). The molecule has 0 aliphatic carbocycles. The Labute approximate surface area is 65.2 Å². The highest BCUT2D eigenvalue weighted by atomic mass is 32.1. The molecular formula is C6H10N2OS. The number of piperidine rings is 1. The number of carbonyl (C=O) groups excluding carboxylic acids is 1. The number of primary amides is 1. The third-order valence-electron chi connectivity index (χ3n) is 1.59. The van der Waals surface area contributed by atoms with Gasteiger partial charge in [0, 0.05) is 6.54 Å². The number of hydrogen-bond acceptors (Lipinski definition) is 2. The summed E-state index contributed by atoms with van der Waals surface area (Å²) in [6.07, 6.45) is 2.93. The van der Waals surface area contributed by atoms with Crippen molar-refractivity contribution in [2.24, 2.45) is 5.73 Å². The first-order valence-corrected chi connectivity index (χ1v) is 3.72. The third-order valence-corrected chi connectivity index (χ3v) is 2.01. The average Bonchev–Trinajstić information content (AvgIpc) is 1.88. The summed E-state index contributed by atoms with van der Waals surface area (Å²) in [6, 6.07) is -0.412. The fraction of sp³-hybridized carbons (Fsp3) is 0.667. The van der Waals surface area contributed by atoms with E-state index in [9.17, 15) is 4.79 Å². The number of rotatable bonds is 0. The summed E-state index contributed by atoms with van der Waals surface area (Å²) in [5.74, 6) is 0. The van der Waals surface area contributed by atoms with Gasteiger partial charge in [0.1, 0.15) is 0 Å². The van der Waals surface area contributed by atoms with Crippen molar-refractivity contribution in [2.45, 2.75) is 19.3 Å². The summed E-state index contributed by atoms with van der Waals surface area (Å²) in [5, 5.41) is 0. The summed E-state index contributed by atoms with van der Waals surface area (Å²) in [7, 11) is 0. The van der Waals surface area contributed by atoms with Gasteiger partial charge in [-0.2, -0.15) is 0 Å². The Balaban J connectivity index is 2.56. The Kier molecular flexibility index (Phi) is 2.21. The summed E-state index contributed by atoms with van der Waals surface area (Å²) < 4.78 is 0.